The number of fused-ring (bicyclic) bond motifs is 1. The molecule has 1 amide bonds. The Bertz CT molecular complexity index is 772. The van der Waals surface area contributed by atoms with Gasteiger partial charge in [-0.15, -0.1) is 0 Å². The zero-order valence-electron chi connectivity index (χ0n) is 13.5. The van der Waals surface area contributed by atoms with E-state index in [1.807, 2.05) is 17.0 Å². The number of amides is 1. The number of carbonyl (C=O) groups is 1. The number of nitrogens with zero attached hydrogens (tertiary/aromatic N) is 2. The molecule has 1 aromatic heterocycles. The van der Waals surface area contributed by atoms with E-state index in [1.54, 1.807) is 6.20 Å². The van der Waals surface area contributed by atoms with Gasteiger partial charge in [0.2, 0.25) is 11.8 Å². The zero-order valence-corrected chi connectivity index (χ0v) is 13.5. The molecule has 118 valence electrons. The molecule has 2 aromatic rings. The maximum atomic E-state index is 12.9. The first kappa shape index (κ1) is 14.2. The predicted molar refractivity (Wildman–Crippen MR) is 88.8 cm³/mol. The summed E-state index contributed by atoms with van der Waals surface area (Å²) in [7, 11) is 0. The number of ether oxygens (including phenoxy) is 1. The maximum Gasteiger partial charge on any atom is 0.238 e. The number of hydrogen-bond acceptors (Lipinski definition) is 3. The van der Waals surface area contributed by atoms with Crippen molar-refractivity contribution in [3.63, 3.8) is 0 Å². The zero-order chi connectivity index (χ0) is 16.0. The molecule has 0 spiro atoms. The molecule has 1 saturated carbocycles. The molecule has 0 N–H and O–H groups in total. The van der Waals surface area contributed by atoms with E-state index in [0.717, 1.165) is 12.1 Å². The number of rotatable bonds is 2. The fraction of sp³-hybridized carbons (Fsp3) is 0.368. The average Bonchev–Trinajstić information content (AvgIpc) is 3.37. The van der Waals surface area contributed by atoms with Crippen LogP contribution < -0.4 is 9.64 Å². The minimum absolute atomic E-state index is 0.0864. The summed E-state index contributed by atoms with van der Waals surface area (Å²) in [6.07, 6.45) is 2.64. The second-order valence-electron chi connectivity index (χ2n) is 6.46. The number of carbonyl (C=O) groups excluding carboxylic acids is 1. The topological polar surface area (TPSA) is 42.4 Å². The van der Waals surface area contributed by atoms with E-state index in [-0.39, 0.29) is 11.8 Å². The van der Waals surface area contributed by atoms with Crippen LogP contribution in [0, 0.1) is 19.8 Å². The van der Waals surface area contributed by atoms with Crippen LogP contribution in [0.25, 0.3) is 0 Å². The van der Waals surface area contributed by atoms with Crippen LogP contribution >= 0.6 is 0 Å². The van der Waals surface area contributed by atoms with Crippen LogP contribution in [0.5, 0.6) is 5.88 Å². The summed E-state index contributed by atoms with van der Waals surface area (Å²) in [4.78, 5) is 19.0. The van der Waals surface area contributed by atoms with Gasteiger partial charge in [-0.1, -0.05) is 18.2 Å². The summed E-state index contributed by atoms with van der Waals surface area (Å²) in [6, 6.07) is 10.3. The molecule has 2 atom stereocenters. The number of benzene rings is 1. The Hall–Kier alpha value is -2.36. The molecule has 2 aliphatic rings. The molecular formula is C19H20N2O2. The van der Waals surface area contributed by atoms with E-state index in [1.165, 1.54) is 16.7 Å². The fourth-order valence-corrected chi connectivity index (χ4v) is 3.31. The molecule has 1 aromatic carbocycles. The van der Waals surface area contributed by atoms with Gasteiger partial charge in [-0.2, -0.15) is 0 Å². The lowest BCUT2D eigenvalue weighted by molar-refractivity contribution is -0.120. The molecule has 1 aliphatic carbocycles. The summed E-state index contributed by atoms with van der Waals surface area (Å²) in [5.41, 5.74) is 4.67. The molecular weight excluding hydrogens is 288 g/mol. The van der Waals surface area contributed by atoms with E-state index in [2.05, 4.69) is 37.0 Å². The smallest absolute Gasteiger partial charge is 0.238 e. The standard InChI is InChI=1S/C19H20N2O2/c1-12-5-6-14(10-13(12)2)15-11-16(15)19(22)21-8-9-23-18-17(21)4-3-7-20-18/h3-7,10,15-16H,8-9,11H2,1-2H3. The number of hydrogen-bond donors (Lipinski definition) is 0. The van der Waals surface area contributed by atoms with Crippen molar-refractivity contribution in [2.75, 3.05) is 18.1 Å². The largest absolute Gasteiger partial charge is 0.474 e. The van der Waals surface area contributed by atoms with Crippen LogP contribution in [0.15, 0.2) is 36.5 Å². The molecule has 0 bridgehead atoms. The lowest BCUT2D eigenvalue weighted by Gasteiger charge is -2.28. The summed E-state index contributed by atoms with van der Waals surface area (Å²) in [6.45, 7) is 5.36. The third-order valence-electron chi connectivity index (χ3n) is 4.93. The van der Waals surface area contributed by atoms with Crippen molar-refractivity contribution in [1.29, 1.82) is 0 Å². The van der Waals surface area contributed by atoms with Crippen LogP contribution in [0.3, 0.4) is 0 Å². The maximum absolute atomic E-state index is 12.9. The van der Waals surface area contributed by atoms with Gasteiger partial charge in [-0.3, -0.25) is 4.79 Å². The van der Waals surface area contributed by atoms with E-state index in [4.69, 9.17) is 4.74 Å². The first-order chi connectivity index (χ1) is 11.1. The quantitative estimate of drug-likeness (QED) is 0.855. The minimum atomic E-state index is 0.0864. The third kappa shape index (κ3) is 2.48. The first-order valence-electron chi connectivity index (χ1n) is 8.11. The molecule has 0 saturated heterocycles. The van der Waals surface area contributed by atoms with Gasteiger partial charge in [0.25, 0.3) is 0 Å². The van der Waals surface area contributed by atoms with Crippen LogP contribution in [0.4, 0.5) is 5.69 Å². The Morgan fingerprint density at radius 1 is 1.26 bits per heavy atom. The normalized spacial score (nSPS) is 22.3. The molecule has 4 rings (SSSR count). The summed E-state index contributed by atoms with van der Waals surface area (Å²) in [5, 5.41) is 0. The second kappa shape index (κ2) is 5.37. The Morgan fingerprint density at radius 3 is 2.96 bits per heavy atom. The highest BCUT2D eigenvalue weighted by molar-refractivity contribution is 5.98. The molecule has 4 nitrogen and oxygen atoms in total. The molecule has 1 fully saturated rings. The lowest BCUT2D eigenvalue weighted by Crippen LogP contribution is -2.39. The summed E-state index contributed by atoms with van der Waals surface area (Å²) < 4.78 is 5.54. The van der Waals surface area contributed by atoms with Gasteiger partial charge in [0, 0.05) is 12.1 Å². The van der Waals surface area contributed by atoms with E-state index >= 15 is 0 Å². The van der Waals surface area contributed by atoms with Gasteiger partial charge < -0.3 is 9.64 Å². The van der Waals surface area contributed by atoms with Gasteiger partial charge in [-0.25, -0.2) is 4.98 Å². The van der Waals surface area contributed by atoms with Crippen LogP contribution in [-0.4, -0.2) is 24.0 Å². The summed E-state index contributed by atoms with van der Waals surface area (Å²) in [5.74, 6) is 1.20. The lowest BCUT2D eigenvalue weighted by atomic mass is 10.0. The van der Waals surface area contributed by atoms with Crippen molar-refractivity contribution in [2.24, 2.45) is 5.92 Å². The Kier molecular flexibility index (Phi) is 3.33. The van der Waals surface area contributed by atoms with Crippen molar-refractivity contribution in [3.05, 3.63) is 53.2 Å². The highest BCUT2D eigenvalue weighted by atomic mass is 16.5. The Balaban J connectivity index is 1.54. The number of anilines is 1. The molecule has 1 aliphatic heterocycles. The number of aromatic nitrogens is 1. The van der Waals surface area contributed by atoms with Crippen molar-refractivity contribution >= 4 is 11.6 Å². The molecule has 23 heavy (non-hydrogen) atoms. The molecule has 2 unspecified atom stereocenters. The van der Waals surface area contributed by atoms with Crippen molar-refractivity contribution in [1.82, 2.24) is 4.98 Å². The number of aryl methyl sites for hydroxylation is 2. The SMILES string of the molecule is Cc1ccc(C2CC2C(=O)N2CCOc3ncccc32)cc1C. The van der Waals surface area contributed by atoms with Crippen LogP contribution in [0.2, 0.25) is 0 Å². The third-order valence-corrected chi connectivity index (χ3v) is 4.93. The first-order valence-corrected chi connectivity index (χ1v) is 8.11. The van der Waals surface area contributed by atoms with Gasteiger partial charge in [-0.05, 0) is 55.0 Å². The van der Waals surface area contributed by atoms with Crippen molar-refractivity contribution in [2.45, 2.75) is 26.2 Å². The van der Waals surface area contributed by atoms with Crippen molar-refractivity contribution < 1.29 is 9.53 Å². The summed E-state index contributed by atoms with van der Waals surface area (Å²) >= 11 is 0. The van der Waals surface area contributed by atoms with Gasteiger partial charge >= 0.3 is 0 Å². The highest BCUT2D eigenvalue weighted by Gasteiger charge is 2.46. The second-order valence-corrected chi connectivity index (χ2v) is 6.46. The van der Waals surface area contributed by atoms with E-state index in [0.29, 0.717) is 24.9 Å². The van der Waals surface area contributed by atoms with Crippen molar-refractivity contribution in [3.8, 4) is 5.88 Å². The average molecular weight is 308 g/mol. The Morgan fingerprint density at radius 2 is 2.13 bits per heavy atom. The van der Waals surface area contributed by atoms with Crippen LogP contribution in [0.1, 0.15) is 29.0 Å². The van der Waals surface area contributed by atoms with E-state index in [9.17, 15) is 4.79 Å². The van der Waals surface area contributed by atoms with Gasteiger partial charge in [0.05, 0.1) is 6.54 Å². The van der Waals surface area contributed by atoms with Crippen LogP contribution in [-0.2, 0) is 4.79 Å². The minimum Gasteiger partial charge on any atom is -0.474 e. The van der Waals surface area contributed by atoms with Gasteiger partial charge in [0.15, 0.2) is 0 Å². The number of pyridine rings is 1. The Labute approximate surface area is 136 Å². The fourth-order valence-electron chi connectivity index (χ4n) is 3.31. The monoisotopic (exact) mass is 308 g/mol. The van der Waals surface area contributed by atoms with Gasteiger partial charge in [0.1, 0.15) is 12.3 Å². The highest BCUT2D eigenvalue weighted by Crippen LogP contribution is 2.49. The van der Waals surface area contributed by atoms with E-state index < -0.39 is 0 Å². The predicted octanol–water partition coefficient (Wildman–Crippen LogP) is 3.23. The molecule has 4 heteroatoms. The molecule has 2 heterocycles. The molecule has 0 radical (unpaired) electrons.